The summed E-state index contributed by atoms with van der Waals surface area (Å²) in [4.78, 5) is 16.6. The number of fused-ring (bicyclic) bond motifs is 1. The fraction of sp³-hybridized carbons (Fsp3) is 0.261. The minimum Gasteiger partial charge on any atom is -0.328 e. The van der Waals surface area contributed by atoms with Crippen molar-refractivity contribution in [3.05, 3.63) is 83.4 Å². The van der Waals surface area contributed by atoms with Gasteiger partial charge in [0.1, 0.15) is 6.54 Å². The number of hydrogen-bond donors (Lipinski definition) is 1. The molecule has 1 heterocycles. The highest BCUT2D eigenvalue weighted by molar-refractivity contribution is 6.07. The van der Waals surface area contributed by atoms with E-state index in [0.29, 0.717) is 0 Å². The van der Waals surface area contributed by atoms with Crippen LogP contribution in [0.1, 0.15) is 21.5 Å². The third-order valence-corrected chi connectivity index (χ3v) is 5.35. The standard InChI is InChI=1S/C23H24N2O/c1-18-9-11-19(12-10-18)17-24-13-15-25(16-14-24)23(26)22-8-4-6-20-5-2-3-7-21(20)22/h2-12H,13-17H2,1H3/p+1. The number of piperazine rings is 1. The molecule has 1 aliphatic heterocycles. The number of aryl methyl sites for hydroxylation is 1. The van der Waals surface area contributed by atoms with Gasteiger partial charge in [0.2, 0.25) is 0 Å². The largest absolute Gasteiger partial charge is 0.328 e. The SMILES string of the molecule is Cc1ccc(C[NH+]2CCN(C(=O)c3cccc4ccccc34)CC2)cc1. The lowest BCUT2D eigenvalue weighted by Crippen LogP contribution is -3.13. The molecule has 0 saturated carbocycles. The van der Waals surface area contributed by atoms with Crippen LogP contribution in [0.15, 0.2) is 66.7 Å². The van der Waals surface area contributed by atoms with Crippen LogP contribution in [0.2, 0.25) is 0 Å². The third kappa shape index (κ3) is 3.49. The van der Waals surface area contributed by atoms with Crippen LogP contribution in [-0.4, -0.2) is 37.0 Å². The van der Waals surface area contributed by atoms with E-state index in [0.717, 1.165) is 49.1 Å². The maximum absolute atomic E-state index is 13.0. The van der Waals surface area contributed by atoms with E-state index in [1.54, 1.807) is 4.90 Å². The Morgan fingerprint density at radius 3 is 2.38 bits per heavy atom. The van der Waals surface area contributed by atoms with Gasteiger partial charge in [0.15, 0.2) is 0 Å². The zero-order valence-electron chi connectivity index (χ0n) is 15.2. The second kappa shape index (κ2) is 7.30. The second-order valence-corrected chi connectivity index (χ2v) is 7.23. The first-order valence-corrected chi connectivity index (χ1v) is 9.37. The summed E-state index contributed by atoms with van der Waals surface area (Å²) < 4.78 is 0. The van der Waals surface area contributed by atoms with Gasteiger partial charge in [0, 0.05) is 11.1 Å². The summed E-state index contributed by atoms with van der Waals surface area (Å²) in [6.07, 6.45) is 0. The zero-order valence-corrected chi connectivity index (χ0v) is 15.2. The van der Waals surface area contributed by atoms with Gasteiger partial charge in [-0.3, -0.25) is 4.79 Å². The van der Waals surface area contributed by atoms with E-state index >= 15 is 0 Å². The van der Waals surface area contributed by atoms with Crippen molar-refractivity contribution in [2.75, 3.05) is 26.2 Å². The molecule has 132 valence electrons. The van der Waals surface area contributed by atoms with Crippen LogP contribution in [0.4, 0.5) is 0 Å². The van der Waals surface area contributed by atoms with Gasteiger partial charge >= 0.3 is 0 Å². The Labute approximate surface area is 154 Å². The monoisotopic (exact) mass is 345 g/mol. The number of nitrogens with zero attached hydrogens (tertiary/aromatic N) is 1. The Morgan fingerprint density at radius 2 is 1.62 bits per heavy atom. The average molecular weight is 345 g/mol. The van der Waals surface area contributed by atoms with Gasteiger partial charge < -0.3 is 9.80 Å². The number of quaternary nitrogens is 1. The highest BCUT2D eigenvalue weighted by atomic mass is 16.2. The number of carbonyl (C=O) groups is 1. The molecule has 0 aliphatic carbocycles. The van der Waals surface area contributed by atoms with Gasteiger partial charge in [-0.2, -0.15) is 0 Å². The van der Waals surface area contributed by atoms with E-state index < -0.39 is 0 Å². The van der Waals surface area contributed by atoms with Crippen LogP contribution in [0.25, 0.3) is 10.8 Å². The summed E-state index contributed by atoms with van der Waals surface area (Å²) in [6, 6.07) is 22.9. The Balaban J connectivity index is 1.42. The van der Waals surface area contributed by atoms with Crippen LogP contribution < -0.4 is 4.90 Å². The van der Waals surface area contributed by atoms with Crippen molar-refractivity contribution in [2.45, 2.75) is 13.5 Å². The van der Waals surface area contributed by atoms with E-state index in [2.05, 4.69) is 43.3 Å². The molecule has 26 heavy (non-hydrogen) atoms. The summed E-state index contributed by atoms with van der Waals surface area (Å²) in [5, 5.41) is 2.18. The Morgan fingerprint density at radius 1 is 0.923 bits per heavy atom. The van der Waals surface area contributed by atoms with Crippen molar-refractivity contribution in [1.82, 2.24) is 4.90 Å². The molecule has 0 bridgehead atoms. The van der Waals surface area contributed by atoms with Gasteiger partial charge in [0.05, 0.1) is 26.2 Å². The number of hydrogen-bond acceptors (Lipinski definition) is 1. The Hall–Kier alpha value is -2.65. The van der Waals surface area contributed by atoms with E-state index in [1.165, 1.54) is 11.1 Å². The van der Waals surface area contributed by atoms with Crippen molar-refractivity contribution < 1.29 is 9.69 Å². The van der Waals surface area contributed by atoms with Gasteiger partial charge in [-0.05, 0) is 23.8 Å². The quantitative estimate of drug-likeness (QED) is 0.776. The molecular formula is C23H25N2O+. The molecule has 1 fully saturated rings. The van der Waals surface area contributed by atoms with Crippen LogP contribution >= 0.6 is 0 Å². The molecule has 1 aliphatic rings. The molecule has 3 aromatic rings. The molecule has 1 amide bonds. The maximum Gasteiger partial charge on any atom is 0.254 e. The number of carbonyl (C=O) groups excluding carboxylic acids is 1. The summed E-state index contributed by atoms with van der Waals surface area (Å²) in [7, 11) is 0. The first-order valence-electron chi connectivity index (χ1n) is 9.37. The average Bonchev–Trinajstić information content (AvgIpc) is 2.69. The predicted molar refractivity (Wildman–Crippen MR) is 105 cm³/mol. The number of amides is 1. The number of benzene rings is 3. The van der Waals surface area contributed by atoms with Crippen LogP contribution in [0, 0.1) is 6.92 Å². The minimum absolute atomic E-state index is 0.163. The highest BCUT2D eigenvalue weighted by Gasteiger charge is 2.25. The molecule has 1 saturated heterocycles. The van der Waals surface area contributed by atoms with Crippen LogP contribution in [-0.2, 0) is 6.54 Å². The van der Waals surface area contributed by atoms with Crippen LogP contribution in [0.3, 0.4) is 0 Å². The number of rotatable bonds is 3. The van der Waals surface area contributed by atoms with Crippen molar-refractivity contribution >= 4 is 16.7 Å². The Kier molecular flexibility index (Phi) is 4.72. The van der Waals surface area contributed by atoms with Gasteiger partial charge in [-0.15, -0.1) is 0 Å². The molecule has 0 unspecified atom stereocenters. The maximum atomic E-state index is 13.0. The van der Waals surface area contributed by atoms with E-state index in [1.807, 2.05) is 35.2 Å². The summed E-state index contributed by atoms with van der Waals surface area (Å²) in [5.41, 5.74) is 3.50. The van der Waals surface area contributed by atoms with E-state index in [9.17, 15) is 4.79 Å². The molecule has 3 aromatic carbocycles. The van der Waals surface area contributed by atoms with Crippen molar-refractivity contribution in [2.24, 2.45) is 0 Å². The van der Waals surface area contributed by atoms with E-state index in [4.69, 9.17) is 0 Å². The molecule has 3 heteroatoms. The van der Waals surface area contributed by atoms with Gasteiger partial charge in [0.25, 0.3) is 5.91 Å². The zero-order chi connectivity index (χ0) is 17.9. The third-order valence-electron chi connectivity index (χ3n) is 5.35. The van der Waals surface area contributed by atoms with Crippen LogP contribution in [0.5, 0.6) is 0 Å². The first-order chi connectivity index (χ1) is 12.7. The fourth-order valence-electron chi connectivity index (χ4n) is 3.78. The molecule has 1 N–H and O–H groups in total. The predicted octanol–water partition coefficient (Wildman–Crippen LogP) is 2.69. The molecule has 4 rings (SSSR count). The van der Waals surface area contributed by atoms with E-state index in [-0.39, 0.29) is 5.91 Å². The lowest BCUT2D eigenvalue weighted by molar-refractivity contribution is -0.917. The summed E-state index contributed by atoms with van der Waals surface area (Å²) in [5.74, 6) is 0.163. The molecule has 0 spiro atoms. The topological polar surface area (TPSA) is 24.8 Å². The normalized spacial score (nSPS) is 15.3. The first kappa shape index (κ1) is 16.8. The molecule has 0 aromatic heterocycles. The molecular weight excluding hydrogens is 320 g/mol. The lowest BCUT2D eigenvalue weighted by Gasteiger charge is -2.32. The Bertz CT molecular complexity index is 904. The molecule has 0 atom stereocenters. The molecule has 0 radical (unpaired) electrons. The molecule has 3 nitrogen and oxygen atoms in total. The second-order valence-electron chi connectivity index (χ2n) is 7.23. The van der Waals surface area contributed by atoms with Gasteiger partial charge in [-0.25, -0.2) is 0 Å². The lowest BCUT2D eigenvalue weighted by atomic mass is 10.0. The van der Waals surface area contributed by atoms with Crippen molar-refractivity contribution in [1.29, 1.82) is 0 Å². The van der Waals surface area contributed by atoms with Gasteiger partial charge in [-0.1, -0.05) is 66.2 Å². The minimum atomic E-state index is 0.163. The highest BCUT2D eigenvalue weighted by Crippen LogP contribution is 2.20. The van der Waals surface area contributed by atoms with Crippen molar-refractivity contribution in [3.8, 4) is 0 Å². The van der Waals surface area contributed by atoms with Crippen molar-refractivity contribution in [3.63, 3.8) is 0 Å². The summed E-state index contributed by atoms with van der Waals surface area (Å²) >= 11 is 0. The fourth-order valence-corrected chi connectivity index (χ4v) is 3.78. The summed E-state index contributed by atoms with van der Waals surface area (Å²) in [6.45, 7) is 6.81. The smallest absolute Gasteiger partial charge is 0.254 e. The number of nitrogens with one attached hydrogen (secondary N) is 1.